The fourth-order valence-electron chi connectivity index (χ4n) is 6.25. The van der Waals surface area contributed by atoms with E-state index in [0.717, 1.165) is 35.6 Å². The first-order chi connectivity index (χ1) is 12.1. The second kappa shape index (κ2) is 5.52. The van der Waals surface area contributed by atoms with Crippen molar-refractivity contribution in [3.63, 3.8) is 0 Å². The molecule has 2 N–H and O–H groups in total. The number of nitrogen functional groups attached to an aromatic ring is 1. The average molecular weight is 337 g/mol. The van der Waals surface area contributed by atoms with Gasteiger partial charge in [0.2, 0.25) is 5.95 Å². The minimum absolute atomic E-state index is 0.300. The number of hydrogen-bond donors (Lipinski definition) is 1. The summed E-state index contributed by atoms with van der Waals surface area (Å²) in [6.07, 6.45) is 10.6. The lowest BCUT2D eigenvalue weighted by Crippen LogP contribution is -2.48. The summed E-state index contributed by atoms with van der Waals surface area (Å²) in [5.41, 5.74) is 9.00. The molecule has 1 aromatic heterocycles. The molecule has 2 aromatic rings. The number of imidazole rings is 1. The van der Waals surface area contributed by atoms with Crippen LogP contribution in [0.2, 0.25) is 0 Å². The van der Waals surface area contributed by atoms with Gasteiger partial charge in [0.25, 0.3) is 0 Å². The zero-order valence-electron chi connectivity index (χ0n) is 14.9. The van der Waals surface area contributed by atoms with Crippen LogP contribution in [-0.4, -0.2) is 16.7 Å². The van der Waals surface area contributed by atoms with Crippen LogP contribution >= 0.6 is 0 Å². The minimum Gasteiger partial charge on any atom is -0.496 e. The molecule has 4 aliphatic carbocycles. The van der Waals surface area contributed by atoms with Crippen LogP contribution in [-0.2, 0) is 12.0 Å². The van der Waals surface area contributed by atoms with Crippen LogP contribution in [0, 0.1) is 17.8 Å². The van der Waals surface area contributed by atoms with Crippen LogP contribution in [0.15, 0.2) is 30.5 Å². The maximum atomic E-state index is 6.31. The Balaban J connectivity index is 1.46. The van der Waals surface area contributed by atoms with Crippen molar-refractivity contribution in [3.8, 4) is 5.75 Å². The Kier molecular flexibility index (Phi) is 3.37. The second-order valence-electron chi connectivity index (χ2n) is 8.62. The van der Waals surface area contributed by atoms with Crippen molar-refractivity contribution >= 4 is 5.95 Å². The van der Waals surface area contributed by atoms with Crippen LogP contribution in [0.3, 0.4) is 0 Å². The number of hydrogen-bond acceptors (Lipinski definition) is 3. The van der Waals surface area contributed by atoms with E-state index < -0.39 is 0 Å². The Bertz CT molecular complexity index is 759. The molecule has 6 rings (SSSR count). The van der Waals surface area contributed by atoms with E-state index >= 15 is 0 Å². The van der Waals surface area contributed by atoms with Crippen LogP contribution in [0.5, 0.6) is 5.75 Å². The number of aromatic nitrogens is 2. The van der Waals surface area contributed by atoms with Gasteiger partial charge in [0, 0.05) is 17.2 Å². The number of rotatable bonds is 4. The number of nitrogens with zero attached hydrogens (tertiary/aromatic N) is 2. The largest absolute Gasteiger partial charge is 0.496 e. The van der Waals surface area contributed by atoms with Crippen LogP contribution < -0.4 is 10.5 Å². The molecule has 0 atom stereocenters. The van der Waals surface area contributed by atoms with Gasteiger partial charge < -0.3 is 15.0 Å². The quantitative estimate of drug-likeness (QED) is 0.918. The molecule has 4 bridgehead atoms. The topological polar surface area (TPSA) is 53.1 Å². The van der Waals surface area contributed by atoms with E-state index in [1.54, 1.807) is 7.11 Å². The Morgan fingerprint density at radius 3 is 2.40 bits per heavy atom. The lowest BCUT2D eigenvalue weighted by atomic mass is 9.49. The molecule has 132 valence electrons. The lowest BCUT2D eigenvalue weighted by Gasteiger charge is -2.56. The smallest absolute Gasteiger partial charge is 0.200 e. The summed E-state index contributed by atoms with van der Waals surface area (Å²) in [4.78, 5) is 4.85. The third-order valence-electron chi connectivity index (χ3n) is 6.92. The molecule has 1 heterocycles. The van der Waals surface area contributed by atoms with Crippen LogP contribution in [0.1, 0.15) is 49.8 Å². The van der Waals surface area contributed by atoms with Gasteiger partial charge in [0.15, 0.2) is 0 Å². The number of benzene rings is 1. The predicted molar refractivity (Wildman–Crippen MR) is 98.6 cm³/mol. The van der Waals surface area contributed by atoms with Crippen LogP contribution in [0.25, 0.3) is 0 Å². The zero-order chi connectivity index (χ0) is 17.0. The molecule has 4 fully saturated rings. The van der Waals surface area contributed by atoms with E-state index in [9.17, 15) is 0 Å². The molecule has 0 aliphatic heterocycles. The van der Waals surface area contributed by atoms with Gasteiger partial charge in [-0.3, -0.25) is 0 Å². The monoisotopic (exact) mass is 337 g/mol. The molecule has 0 saturated heterocycles. The van der Waals surface area contributed by atoms with Crippen molar-refractivity contribution in [2.24, 2.45) is 17.8 Å². The summed E-state index contributed by atoms with van der Waals surface area (Å²) in [5, 5.41) is 0. The van der Waals surface area contributed by atoms with Gasteiger partial charge in [-0.15, -0.1) is 0 Å². The summed E-state index contributed by atoms with van der Waals surface area (Å²) in [5.74, 6) is 4.31. The second-order valence-corrected chi connectivity index (χ2v) is 8.62. The van der Waals surface area contributed by atoms with Gasteiger partial charge in [0.1, 0.15) is 5.75 Å². The summed E-state index contributed by atoms with van der Waals surface area (Å²) in [6.45, 7) is 0.717. The van der Waals surface area contributed by atoms with Crippen molar-refractivity contribution in [1.29, 1.82) is 0 Å². The third kappa shape index (κ3) is 2.45. The zero-order valence-corrected chi connectivity index (χ0v) is 14.9. The molecule has 25 heavy (non-hydrogen) atoms. The third-order valence-corrected chi connectivity index (χ3v) is 6.92. The molecule has 0 amide bonds. The molecule has 0 radical (unpaired) electrons. The Morgan fingerprint density at radius 1 is 1.12 bits per heavy atom. The summed E-state index contributed by atoms with van der Waals surface area (Å²) < 4.78 is 7.59. The van der Waals surface area contributed by atoms with Crippen molar-refractivity contribution < 1.29 is 4.74 Å². The van der Waals surface area contributed by atoms with E-state index in [2.05, 4.69) is 16.8 Å². The normalized spacial score (nSPS) is 32.9. The van der Waals surface area contributed by atoms with Crippen molar-refractivity contribution in [2.45, 2.75) is 50.5 Å². The highest BCUT2D eigenvalue weighted by atomic mass is 16.5. The maximum absolute atomic E-state index is 6.31. The summed E-state index contributed by atoms with van der Waals surface area (Å²) >= 11 is 0. The van der Waals surface area contributed by atoms with Gasteiger partial charge in [-0.2, -0.15) is 0 Å². The maximum Gasteiger partial charge on any atom is 0.200 e. The first kappa shape index (κ1) is 15.3. The molecular formula is C21H27N3O. The van der Waals surface area contributed by atoms with Gasteiger partial charge in [-0.1, -0.05) is 18.2 Å². The van der Waals surface area contributed by atoms with Gasteiger partial charge >= 0.3 is 0 Å². The number of nitrogens with two attached hydrogens (primary N) is 1. The van der Waals surface area contributed by atoms with Gasteiger partial charge in [-0.05, 0) is 62.3 Å². The molecule has 0 spiro atoms. The van der Waals surface area contributed by atoms with Crippen LogP contribution in [0.4, 0.5) is 5.95 Å². The predicted octanol–water partition coefficient (Wildman–Crippen LogP) is 3.99. The molecule has 4 saturated carbocycles. The minimum atomic E-state index is 0.300. The van der Waals surface area contributed by atoms with Gasteiger partial charge in [0.05, 0.1) is 19.3 Å². The van der Waals surface area contributed by atoms with Crippen molar-refractivity contribution in [2.75, 3.05) is 12.8 Å². The van der Waals surface area contributed by atoms with Gasteiger partial charge in [-0.25, -0.2) is 4.98 Å². The Morgan fingerprint density at radius 2 is 1.76 bits per heavy atom. The molecule has 4 nitrogen and oxygen atoms in total. The van der Waals surface area contributed by atoms with E-state index in [0.29, 0.717) is 11.4 Å². The Hall–Kier alpha value is -1.97. The molecule has 0 unspecified atom stereocenters. The highest BCUT2D eigenvalue weighted by Gasteiger charge is 2.52. The fourth-order valence-corrected chi connectivity index (χ4v) is 6.25. The Labute approximate surface area is 149 Å². The highest BCUT2D eigenvalue weighted by molar-refractivity contribution is 5.36. The highest BCUT2D eigenvalue weighted by Crippen LogP contribution is 2.60. The number of para-hydroxylation sites is 1. The number of methoxy groups -OCH3 is 1. The summed E-state index contributed by atoms with van der Waals surface area (Å²) in [6, 6.07) is 8.15. The lowest BCUT2D eigenvalue weighted by molar-refractivity contribution is -0.00703. The first-order valence-electron chi connectivity index (χ1n) is 9.60. The van der Waals surface area contributed by atoms with E-state index in [1.807, 2.05) is 18.2 Å². The first-order valence-corrected chi connectivity index (χ1v) is 9.60. The number of ether oxygens (including phenoxy) is 1. The summed E-state index contributed by atoms with van der Waals surface area (Å²) in [7, 11) is 1.72. The molecular weight excluding hydrogens is 310 g/mol. The standard InChI is InChI=1S/C21H27N3O/c1-25-18-5-3-2-4-17(18)12-24-13-19(23-20(24)22)21-9-14-6-15(10-21)8-16(7-14)11-21/h2-5,13-16H,6-12H2,1H3,(H2,22,23). The molecule has 4 aliphatic rings. The van der Waals surface area contributed by atoms with E-state index in [1.165, 1.54) is 44.2 Å². The molecule has 4 heteroatoms. The average Bonchev–Trinajstić information content (AvgIpc) is 2.96. The molecule has 1 aromatic carbocycles. The SMILES string of the molecule is COc1ccccc1Cn1cc(C23CC4CC(CC(C4)C2)C3)nc1N. The van der Waals surface area contributed by atoms with Crippen molar-refractivity contribution in [1.82, 2.24) is 9.55 Å². The number of anilines is 1. The van der Waals surface area contributed by atoms with E-state index in [4.69, 9.17) is 15.5 Å². The van der Waals surface area contributed by atoms with Crippen molar-refractivity contribution in [3.05, 3.63) is 41.7 Å². The van der Waals surface area contributed by atoms with E-state index in [-0.39, 0.29) is 0 Å². The fraction of sp³-hybridized carbons (Fsp3) is 0.571.